The number of hydrogen-bond donors (Lipinski definition) is 1. The lowest BCUT2D eigenvalue weighted by molar-refractivity contribution is -0.143. The Hall–Kier alpha value is -1.51. The van der Waals surface area contributed by atoms with Crippen LogP contribution in [0.5, 0.6) is 5.75 Å². The first kappa shape index (κ1) is 19.8. The Bertz CT molecular complexity index is 291. The molecule has 1 N–H and O–H groups in total. The minimum atomic E-state index is -0.105. The van der Waals surface area contributed by atoms with Gasteiger partial charge in [0.25, 0.3) is 0 Å². The Morgan fingerprint density at radius 1 is 1.16 bits per heavy atom. The van der Waals surface area contributed by atoms with Crippen LogP contribution in [-0.2, 0) is 9.53 Å². The molecule has 0 unspecified atom stereocenters. The summed E-state index contributed by atoms with van der Waals surface area (Å²) in [6.07, 6.45) is 1.39. The normalized spacial score (nSPS) is 8.74. The highest BCUT2D eigenvalue weighted by Crippen LogP contribution is 2.02. The van der Waals surface area contributed by atoms with E-state index in [9.17, 15) is 4.79 Å². The van der Waals surface area contributed by atoms with Gasteiger partial charge in [-0.15, -0.1) is 0 Å². The van der Waals surface area contributed by atoms with Crippen molar-refractivity contribution in [2.75, 3.05) is 6.61 Å². The summed E-state index contributed by atoms with van der Waals surface area (Å²) in [5.41, 5.74) is 0. The van der Waals surface area contributed by atoms with Gasteiger partial charge in [-0.3, -0.25) is 4.79 Å². The maximum absolute atomic E-state index is 10.3. The topological polar surface area (TPSA) is 46.5 Å². The summed E-state index contributed by atoms with van der Waals surface area (Å²) in [5.74, 6) is 1.05. The summed E-state index contributed by atoms with van der Waals surface area (Å²) >= 11 is 0. The van der Waals surface area contributed by atoms with Gasteiger partial charge >= 0.3 is 5.97 Å². The van der Waals surface area contributed by atoms with Crippen molar-refractivity contribution < 1.29 is 14.6 Å². The molecular formula is C16H28O3. The van der Waals surface area contributed by atoms with Crippen LogP contribution in [0.3, 0.4) is 0 Å². The van der Waals surface area contributed by atoms with Crippen LogP contribution in [0.4, 0.5) is 0 Å². The molecule has 0 saturated carbocycles. The van der Waals surface area contributed by atoms with E-state index in [2.05, 4.69) is 20.8 Å². The molecule has 3 nitrogen and oxygen atoms in total. The Kier molecular flexibility index (Phi) is 15.2. The average molecular weight is 268 g/mol. The number of benzene rings is 1. The van der Waals surface area contributed by atoms with Crippen LogP contribution < -0.4 is 0 Å². The third kappa shape index (κ3) is 22.2. The van der Waals surface area contributed by atoms with Crippen LogP contribution in [0.25, 0.3) is 0 Å². The Morgan fingerprint density at radius 3 is 1.89 bits per heavy atom. The average Bonchev–Trinajstić information content (AvgIpc) is 2.37. The predicted molar refractivity (Wildman–Crippen MR) is 80.2 cm³/mol. The standard InChI is InChI=1S/C6H12O2.C6H6O.C4H10/c1-3-5-8-6(7)4-2;7-6-4-2-1-3-5-6;1-4(2)3/h3-5H2,1-2H3;1-5,7H;4H,1-3H3. The van der Waals surface area contributed by atoms with Crippen molar-refractivity contribution in [2.24, 2.45) is 5.92 Å². The second-order valence-electron chi connectivity index (χ2n) is 4.64. The summed E-state index contributed by atoms with van der Waals surface area (Å²) in [7, 11) is 0. The first-order chi connectivity index (χ1) is 8.93. The molecular weight excluding hydrogens is 240 g/mol. The minimum absolute atomic E-state index is 0.105. The lowest BCUT2D eigenvalue weighted by Gasteiger charge is -1.97. The number of para-hydroxylation sites is 1. The molecule has 0 heterocycles. The monoisotopic (exact) mass is 268 g/mol. The van der Waals surface area contributed by atoms with Crippen molar-refractivity contribution in [3.8, 4) is 5.75 Å². The first-order valence-electron chi connectivity index (χ1n) is 6.83. The molecule has 0 bridgehead atoms. The molecule has 0 aliphatic rings. The molecule has 0 aliphatic carbocycles. The molecule has 19 heavy (non-hydrogen) atoms. The summed E-state index contributed by atoms with van der Waals surface area (Å²) in [5, 5.41) is 8.63. The SMILES string of the molecule is CC(C)C.CCCOC(=O)CC.Oc1ccccc1. The number of carbonyl (C=O) groups excluding carboxylic acids is 1. The number of esters is 1. The van der Waals surface area contributed by atoms with E-state index in [0.717, 1.165) is 12.3 Å². The van der Waals surface area contributed by atoms with E-state index in [4.69, 9.17) is 9.84 Å². The number of phenolic OH excluding ortho intramolecular Hbond substituents is 1. The molecule has 1 aromatic carbocycles. The summed E-state index contributed by atoms with van der Waals surface area (Å²) in [6, 6.07) is 8.71. The quantitative estimate of drug-likeness (QED) is 0.826. The molecule has 0 fully saturated rings. The number of carbonyl (C=O) groups is 1. The number of hydrogen-bond acceptors (Lipinski definition) is 3. The maximum atomic E-state index is 10.3. The number of rotatable bonds is 3. The van der Waals surface area contributed by atoms with Gasteiger partial charge in [-0.05, 0) is 24.5 Å². The lowest BCUT2D eigenvalue weighted by Crippen LogP contribution is -2.02. The fourth-order valence-electron chi connectivity index (χ4n) is 0.746. The molecule has 1 rings (SSSR count). The van der Waals surface area contributed by atoms with Crippen molar-refractivity contribution >= 4 is 5.97 Å². The fraction of sp³-hybridized carbons (Fsp3) is 0.562. The molecule has 0 atom stereocenters. The molecule has 0 saturated heterocycles. The van der Waals surface area contributed by atoms with Gasteiger partial charge in [0.15, 0.2) is 0 Å². The van der Waals surface area contributed by atoms with E-state index in [1.807, 2.05) is 13.0 Å². The number of phenols is 1. The first-order valence-corrected chi connectivity index (χ1v) is 6.83. The molecule has 0 spiro atoms. The maximum Gasteiger partial charge on any atom is 0.305 e. The van der Waals surface area contributed by atoms with E-state index >= 15 is 0 Å². The van der Waals surface area contributed by atoms with Gasteiger partial charge < -0.3 is 9.84 Å². The third-order valence-electron chi connectivity index (χ3n) is 1.51. The van der Waals surface area contributed by atoms with Crippen LogP contribution >= 0.6 is 0 Å². The molecule has 0 aromatic heterocycles. The fourth-order valence-corrected chi connectivity index (χ4v) is 0.746. The zero-order valence-corrected chi connectivity index (χ0v) is 12.8. The highest BCUT2D eigenvalue weighted by molar-refractivity contribution is 5.68. The summed E-state index contributed by atoms with van der Waals surface area (Å²) in [4.78, 5) is 10.3. The largest absolute Gasteiger partial charge is 0.508 e. The molecule has 0 radical (unpaired) electrons. The van der Waals surface area contributed by atoms with Crippen molar-refractivity contribution in [3.63, 3.8) is 0 Å². The van der Waals surface area contributed by atoms with E-state index in [-0.39, 0.29) is 5.97 Å². The van der Waals surface area contributed by atoms with Gasteiger partial charge in [0.1, 0.15) is 5.75 Å². The highest BCUT2D eigenvalue weighted by atomic mass is 16.5. The number of ether oxygens (including phenoxy) is 1. The van der Waals surface area contributed by atoms with Crippen LogP contribution in [0.1, 0.15) is 47.5 Å². The Morgan fingerprint density at radius 2 is 1.63 bits per heavy atom. The summed E-state index contributed by atoms with van der Waals surface area (Å²) in [6.45, 7) is 10.8. The zero-order valence-electron chi connectivity index (χ0n) is 12.8. The van der Waals surface area contributed by atoms with Crippen molar-refractivity contribution in [1.29, 1.82) is 0 Å². The van der Waals surface area contributed by atoms with Crippen molar-refractivity contribution in [3.05, 3.63) is 30.3 Å². The van der Waals surface area contributed by atoms with Gasteiger partial charge in [0.2, 0.25) is 0 Å². The van der Waals surface area contributed by atoms with Crippen molar-refractivity contribution in [1.82, 2.24) is 0 Å². The second-order valence-corrected chi connectivity index (χ2v) is 4.64. The number of aromatic hydroxyl groups is 1. The van der Waals surface area contributed by atoms with Gasteiger partial charge in [-0.1, -0.05) is 52.8 Å². The third-order valence-corrected chi connectivity index (χ3v) is 1.51. The van der Waals surface area contributed by atoms with E-state index < -0.39 is 0 Å². The van der Waals surface area contributed by atoms with E-state index in [1.54, 1.807) is 31.2 Å². The van der Waals surface area contributed by atoms with Crippen LogP contribution in [-0.4, -0.2) is 17.7 Å². The summed E-state index contributed by atoms with van der Waals surface area (Å²) < 4.78 is 4.70. The second kappa shape index (κ2) is 14.6. The van der Waals surface area contributed by atoms with Gasteiger partial charge in [0.05, 0.1) is 6.61 Å². The lowest BCUT2D eigenvalue weighted by atomic mass is 10.3. The van der Waals surface area contributed by atoms with Gasteiger partial charge in [-0.2, -0.15) is 0 Å². The Balaban J connectivity index is 0. The van der Waals surface area contributed by atoms with Crippen LogP contribution in [0.2, 0.25) is 0 Å². The smallest absolute Gasteiger partial charge is 0.305 e. The minimum Gasteiger partial charge on any atom is -0.508 e. The van der Waals surface area contributed by atoms with Crippen LogP contribution in [0, 0.1) is 5.92 Å². The zero-order chi connectivity index (χ0) is 15.1. The van der Waals surface area contributed by atoms with Gasteiger partial charge in [0, 0.05) is 6.42 Å². The molecule has 0 aliphatic heterocycles. The highest BCUT2D eigenvalue weighted by Gasteiger charge is 1.93. The molecule has 3 heteroatoms. The van der Waals surface area contributed by atoms with Crippen molar-refractivity contribution in [2.45, 2.75) is 47.5 Å². The molecule has 0 amide bonds. The Labute approximate surface area is 117 Å². The van der Waals surface area contributed by atoms with E-state index in [0.29, 0.717) is 18.8 Å². The van der Waals surface area contributed by atoms with Gasteiger partial charge in [-0.25, -0.2) is 0 Å². The predicted octanol–water partition coefficient (Wildman–Crippen LogP) is 4.40. The molecule has 1 aromatic rings. The molecule has 110 valence electrons. The van der Waals surface area contributed by atoms with E-state index in [1.165, 1.54) is 0 Å². The van der Waals surface area contributed by atoms with Crippen LogP contribution in [0.15, 0.2) is 30.3 Å².